The SMILES string of the molecule is CN(Cc1c(F)cccc1Cl)C(=O)COC(=O)c1ccc(S(=O)(=O)NC(C)(C)C)cc1. The molecule has 31 heavy (non-hydrogen) atoms. The number of hydrogen-bond donors (Lipinski definition) is 1. The van der Waals surface area contributed by atoms with Crippen LogP contribution in [-0.2, 0) is 26.1 Å². The molecule has 2 aromatic rings. The van der Waals surface area contributed by atoms with Crippen molar-refractivity contribution in [3.8, 4) is 0 Å². The van der Waals surface area contributed by atoms with E-state index < -0.39 is 39.9 Å². The number of carbonyl (C=O) groups excluding carboxylic acids is 2. The summed E-state index contributed by atoms with van der Waals surface area (Å²) in [5.41, 5.74) is -0.412. The van der Waals surface area contributed by atoms with Crippen LogP contribution in [0.25, 0.3) is 0 Å². The van der Waals surface area contributed by atoms with Crippen LogP contribution in [0.3, 0.4) is 0 Å². The van der Waals surface area contributed by atoms with E-state index in [1.165, 1.54) is 54.4 Å². The average Bonchev–Trinajstić information content (AvgIpc) is 2.67. The monoisotopic (exact) mass is 470 g/mol. The number of amides is 1. The molecule has 0 bridgehead atoms. The predicted molar refractivity (Wildman–Crippen MR) is 115 cm³/mol. The number of rotatable bonds is 7. The fourth-order valence-electron chi connectivity index (χ4n) is 2.56. The third-order valence-electron chi connectivity index (χ3n) is 4.05. The lowest BCUT2D eigenvalue weighted by molar-refractivity contribution is -0.133. The van der Waals surface area contributed by atoms with Gasteiger partial charge in [-0.3, -0.25) is 4.79 Å². The molecule has 2 aromatic carbocycles. The number of ether oxygens (including phenoxy) is 1. The number of nitrogens with one attached hydrogen (secondary N) is 1. The molecule has 0 aliphatic heterocycles. The number of sulfonamides is 1. The van der Waals surface area contributed by atoms with Gasteiger partial charge in [-0.25, -0.2) is 22.3 Å². The van der Waals surface area contributed by atoms with Crippen LogP contribution in [0.15, 0.2) is 47.4 Å². The normalized spacial score (nSPS) is 11.8. The number of halogens is 2. The minimum atomic E-state index is -3.74. The molecule has 0 saturated carbocycles. The Morgan fingerprint density at radius 3 is 2.29 bits per heavy atom. The Kier molecular flexibility index (Phi) is 7.80. The lowest BCUT2D eigenvalue weighted by Crippen LogP contribution is -2.40. The van der Waals surface area contributed by atoms with E-state index in [9.17, 15) is 22.4 Å². The number of nitrogens with zero attached hydrogens (tertiary/aromatic N) is 1. The van der Waals surface area contributed by atoms with Crippen LogP contribution in [-0.4, -0.2) is 44.4 Å². The van der Waals surface area contributed by atoms with Gasteiger partial charge < -0.3 is 9.64 Å². The van der Waals surface area contributed by atoms with Crippen LogP contribution in [0, 0.1) is 5.82 Å². The topological polar surface area (TPSA) is 92.8 Å². The number of esters is 1. The highest BCUT2D eigenvalue weighted by Crippen LogP contribution is 2.20. The first-order valence-electron chi connectivity index (χ1n) is 9.28. The summed E-state index contributed by atoms with van der Waals surface area (Å²) in [6.45, 7) is 4.49. The van der Waals surface area contributed by atoms with Crippen LogP contribution < -0.4 is 4.72 Å². The highest BCUT2D eigenvalue weighted by Gasteiger charge is 2.22. The zero-order chi connectivity index (χ0) is 23.4. The summed E-state index contributed by atoms with van der Waals surface area (Å²) in [5.74, 6) is -1.89. The van der Waals surface area contributed by atoms with Crippen LogP contribution in [0.2, 0.25) is 5.02 Å². The second-order valence-corrected chi connectivity index (χ2v) is 10.00. The van der Waals surface area contributed by atoms with Crippen LogP contribution in [0.5, 0.6) is 0 Å². The maximum Gasteiger partial charge on any atom is 0.338 e. The summed E-state index contributed by atoms with van der Waals surface area (Å²) in [6, 6.07) is 9.36. The average molecular weight is 471 g/mol. The van der Waals surface area contributed by atoms with Crippen LogP contribution in [0.1, 0.15) is 36.7 Å². The third-order valence-corrected chi connectivity index (χ3v) is 6.18. The fourth-order valence-corrected chi connectivity index (χ4v) is 4.20. The molecule has 0 atom stereocenters. The molecule has 0 aromatic heterocycles. The Morgan fingerprint density at radius 1 is 1.13 bits per heavy atom. The smallest absolute Gasteiger partial charge is 0.338 e. The minimum Gasteiger partial charge on any atom is -0.452 e. The van der Waals surface area contributed by atoms with E-state index >= 15 is 0 Å². The van der Waals surface area contributed by atoms with Crippen molar-refractivity contribution in [1.29, 1.82) is 0 Å². The van der Waals surface area contributed by atoms with E-state index in [0.29, 0.717) is 0 Å². The molecule has 1 amide bonds. The fraction of sp³-hybridized carbons (Fsp3) is 0.333. The molecule has 168 valence electrons. The van der Waals surface area contributed by atoms with E-state index in [1.807, 2.05) is 0 Å². The highest BCUT2D eigenvalue weighted by atomic mass is 35.5. The number of hydrogen-bond acceptors (Lipinski definition) is 5. The Bertz CT molecular complexity index is 1050. The molecular formula is C21H24ClFN2O5S. The van der Waals surface area contributed by atoms with Gasteiger partial charge in [-0.15, -0.1) is 0 Å². The van der Waals surface area contributed by atoms with Crippen molar-refractivity contribution in [2.24, 2.45) is 0 Å². The molecule has 7 nitrogen and oxygen atoms in total. The van der Waals surface area contributed by atoms with Gasteiger partial charge in [0.15, 0.2) is 6.61 Å². The maximum atomic E-state index is 13.9. The second-order valence-electron chi connectivity index (χ2n) is 7.91. The lowest BCUT2D eigenvalue weighted by Gasteiger charge is -2.20. The molecule has 0 aliphatic rings. The Labute approximate surface area is 186 Å². The molecule has 1 N–H and O–H groups in total. The molecule has 0 heterocycles. The third kappa shape index (κ3) is 7.02. The Morgan fingerprint density at radius 2 is 1.74 bits per heavy atom. The number of carbonyl (C=O) groups is 2. The van der Waals surface area contributed by atoms with Crippen LogP contribution in [0.4, 0.5) is 4.39 Å². The van der Waals surface area contributed by atoms with E-state index in [-0.39, 0.29) is 27.6 Å². The lowest BCUT2D eigenvalue weighted by atomic mass is 10.1. The quantitative estimate of drug-likeness (QED) is 0.626. The van der Waals surface area contributed by atoms with Gasteiger partial charge in [0.2, 0.25) is 10.0 Å². The van der Waals surface area contributed by atoms with E-state index in [0.717, 1.165) is 0 Å². The van der Waals surface area contributed by atoms with Crippen molar-refractivity contribution in [1.82, 2.24) is 9.62 Å². The molecule has 0 aliphatic carbocycles. The summed E-state index contributed by atoms with van der Waals surface area (Å²) in [5, 5.41) is 0.188. The van der Waals surface area contributed by atoms with Crippen molar-refractivity contribution in [2.45, 2.75) is 37.8 Å². The zero-order valence-corrected chi connectivity index (χ0v) is 19.2. The van der Waals surface area contributed by atoms with Crippen molar-refractivity contribution in [3.63, 3.8) is 0 Å². The molecule has 10 heteroatoms. The molecular weight excluding hydrogens is 447 g/mol. The molecule has 0 spiro atoms. The summed E-state index contributed by atoms with van der Waals surface area (Å²) >= 11 is 5.96. The number of likely N-dealkylation sites (N-methyl/N-ethyl adjacent to an activating group) is 1. The van der Waals surface area contributed by atoms with Crippen LogP contribution >= 0.6 is 11.6 Å². The van der Waals surface area contributed by atoms with Crippen molar-refractivity contribution in [2.75, 3.05) is 13.7 Å². The molecule has 0 saturated heterocycles. The summed E-state index contributed by atoms with van der Waals surface area (Å²) in [6.07, 6.45) is 0. The van der Waals surface area contributed by atoms with Crippen molar-refractivity contribution < 1.29 is 27.1 Å². The zero-order valence-electron chi connectivity index (χ0n) is 17.6. The first-order valence-corrected chi connectivity index (χ1v) is 11.1. The molecule has 0 radical (unpaired) electrons. The van der Waals surface area contributed by atoms with Gasteiger partial charge in [0.05, 0.1) is 10.5 Å². The molecule has 0 unspecified atom stereocenters. The van der Waals surface area contributed by atoms with Gasteiger partial charge in [-0.1, -0.05) is 17.7 Å². The molecule has 0 fully saturated rings. The Hall–Kier alpha value is -2.49. The van der Waals surface area contributed by atoms with Gasteiger partial charge in [-0.2, -0.15) is 0 Å². The summed E-state index contributed by atoms with van der Waals surface area (Å²) in [4.78, 5) is 25.6. The first-order chi connectivity index (χ1) is 14.3. The van der Waals surface area contributed by atoms with Gasteiger partial charge in [-0.05, 0) is 57.2 Å². The first kappa shape index (κ1) is 24.8. The van der Waals surface area contributed by atoms with E-state index in [1.54, 1.807) is 20.8 Å². The summed E-state index contributed by atoms with van der Waals surface area (Å²) in [7, 11) is -2.31. The van der Waals surface area contributed by atoms with Crippen molar-refractivity contribution in [3.05, 3.63) is 64.4 Å². The second kappa shape index (κ2) is 9.76. The van der Waals surface area contributed by atoms with Gasteiger partial charge in [0.1, 0.15) is 5.82 Å². The maximum absolute atomic E-state index is 13.9. The van der Waals surface area contributed by atoms with Gasteiger partial charge in [0, 0.05) is 29.7 Å². The highest BCUT2D eigenvalue weighted by molar-refractivity contribution is 7.89. The van der Waals surface area contributed by atoms with E-state index in [4.69, 9.17) is 16.3 Å². The standard InChI is InChI=1S/C21H24ClFN2O5S/c1-21(2,3)24-31(28,29)15-10-8-14(9-11-15)20(27)30-13-19(26)25(4)12-16-17(22)6-5-7-18(16)23/h5-11,24H,12-13H2,1-4H3. The van der Waals surface area contributed by atoms with Gasteiger partial charge in [0.25, 0.3) is 5.91 Å². The minimum absolute atomic E-state index is 0.00319. The predicted octanol–water partition coefficient (Wildman–Crippen LogP) is 3.37. The number of benzene rings is 2. The largest absolute Gasteiger partial charge is 0.452 e. The molecule has 2 rings (SSSR count). The van der Waals surface area contributed by atoms with Crippen molar-refractivity contribution >= 4 is 33.5 Å². The van der Waals surface area contributed by atoms with E-state index in [2.05, 4.69) is 4.72 Å². The van der Waals surface area contributed by atoms with Gasteiger partial charge >= 0.3 is 5.97 Å². The summed E-state index contributed by atoms with van der Waals surface area (Å²) < 4.78 is 46.0. The Balaban J connectivity index is 1.97.